The van der Waals surface area contributed by atoms with Gasteiger partial charge in [-0.25, -0.2) is 9.97 Å². The first-order valence-electron chi connectivity index (χ1n) is 6.12. The van der Waals surface area contributed by atoms with Gasteiger partial charge in [0.05, 0.1) is 25.1 Å². The minimum Gasteiger partial charge on any atom is -0.490 e. The third kappa shape index (κ3) is 3.42. The van der Waals surface area contributed by atoms with Crippen molar-refractivity contribution in [2.45, 2.75) is 27.2 Å². The maximum atomic E-state index is 10.7. The molecular weight excluding hydrogens is 232 g/mol. The van der Waals surface area contributed by atoms with E-state index in [4.69, 9.17) is 9.47 Å². The lowest BCUT2D eigenvalue weighted by Crippen LogP contribution is -2.08. The van der Waals surface area contributed by atoms with E-state index < -0.39 is 0 Å². The first-order chi connectivity index (χ1) is 8.56. The van der Waals surface area contributed by atoms with E-state index in [9.17, 15) is 4.79 Å². The summed E-state index contributed by atoms with van der Waals surface area (Å²) in [5, 5.41) is 0. The number of rotatable bonds is 5. The average Bonchev–Trinajstić information content (AvgIpc) is 3.04. The molecule has 0 N–H and O–H groups in total. The highest BCUT2D eigenvalue weighted by Gasteiger charge is 2.38. The number of nitrogens with zero attached hydrogens (tertiary/aromatic N) is 2. The summed E-state index contributed by atoms with van der Waals surface area (Å²) in [7, 11) is 0. The van der Waals surface area contributed by atoms with E-state index >= 15 is 0 Å². The van der Waals surface area contributed by atoms with Crippen molar-refractivity contribution < 1.29 is 14.3 Å². The Bertz CT molecular complexity index is 448. The summed E-state index contributed by atoms with van der Waals surface area (Å²) in [6, 6.07) is 0. The summed E-state index contributed by atoms with van der Waals surface area (Å²) >= 11 is 0. The Balaban J connectivity index is 1.75. The van der Waals surface area contributed by atoms with Crippen molar-refractivity contribution in [3.63, 3.8) is 0 Å². The molecule has 5 nitrogen and oxygen atoms in total. The quantitative estimate of drug-likeness (QED) is 0.744. The predicted molar refractivity (Wildman–Crippen MR) is 65.2 cm³/mol. The Morgan fingerprint density at radius 1 is 1.39 bits per heavy atom. The molecule has 0 amide bonds. The van der Waals surface area contributed by atoms with Crippen LogP contribution in [-0.2, 0) is 9.53 Å². The van der Waals surface area contributed by atoms with Crippen LogP contribution < -0.4 is 4.74 Å². The van der Waals surface area contributed by atoms with Crippen molar-refractivity contribution in [1.29, 1.82) is 0 Å². The largest absolute Gasteiger partial charge is 0.490 e. The molecule has 1 saturated carbocycles. The number of carbonyl (C=O) groups excluding carboxylic acids is 1. The summed E-state index contributed by atoms with van der Waals surface area (Å²) < 4.78 is 10.7. The van der Waals surface area contributed by atoms with Crippen LogP contribution in [0, 0.1) is 25.7 Å². The van der Waals surface area contributed by atoms with E-state index in [-0.39, 0.29) is 5.97 Å². The van der Waals surface area contributed by atoms with Crippen LogP contribution in [-0.4, -0.2) is 29.2 Å². The van der Waals surface area contributed by atoms with Crippen LogP contribution in [0.15, 0.2) is 6.20 Å². The van der Waals surface area contributed by atoms with Gasteiger partial charge in [0.25, 0.3) is 0 Å². The van der Waals surface area contributed by atoms with E-state index in [2.05, 4.69) is 9.97 Å². The molecular formula is C13H18N2O3. The van der Waals surface area contributed by atoms with E-state index in [1.54, 1.807) is 6.20 Å². The van der Waals surface area contributed by atoms with Crippen LogP contribution in [0.3, 0.4) is 0 Å². The SMILES string of the molecule is CC(=O)OCC1CC1COc1cnc(C)nc1C. The van der Waals surface area contributed by atoms with Crippen LogP contribution >= 0.6 is 0 Å². The van der Waals surface area contributed by atoms with Crippen LogP contribution in [0.1, 0.15) is 24.9 Å². The fourth-order valence-corrected chi connectivity index (χ4v) is 1.85. The monoisotopic (exact) mass is 250 g/mol. The van der Waals surface area contributed by atoms with Crippen LogP contribution in [0.25, 0.3) is 0 Å². The van der Waals surface area contributed by atoms with Crippen molar-refractivity contribution in [3.8, 4) is 5.75 Å². The molecule has 98 valence electrons. The van der Waals surface area contributed by atoms with Gasteiger partial charge in [0.2, 0.25) is 0 Å². The summed E-state index contributed by atoms with van der Waals surface area (Å²) in [5.74, 6) is 2.19. The van der Waals surface area contributed by atoms with Crippen molar-refractivity contribution in [3.05, 3.63) is 17.7 Å². The van der Waals surface area contributed by atoms with E-state index in [1.807, 2.05) is 13.8 Å². The van der Waals surface area contributed by atoms with E-state index in [1.165, 1.54) is 6.92 Å². The van der Waals surface area contributed by atoms with Crippen LogP contribution in [0.5, 0.6) is 5.75 Å². The number of hydrogen-bond acceptors (Lipinski definition) is 5. The van der Waals surface area contributed by atoms with Crippen molar-refractivity contribution in [1.82, 2.24) is 9.97 Å². The molecule has 2 atom stereocenters. The maximum Gasteiger partial charge on any atom is 0.302 e. The van der Waals surface area contributed by atoms with Gasteiger partial charge in [-0.2, -0.15) is 0 Å². The zero-order chi connectivity index (χ0) is 13.1. The van der Waals surface area contributed by atoms with Gasteiger partial charge in [0.1, 0.15) is 5.82 Å². The molecule has 18 heavy (non-hydrogen) atoms. The second-order valence-corrected chi connectivity index (χ2v) is 4.74. The molecule has 0 bridgehead atoms. The molecule has 0 aliphatic heterocycles. The minimum atomic E-state index is -0.218. The Kier molecular flexibility index (Phi) is 3.79. The molecule has 5 heteroatoms. The van der Waals surface area contributed by atoms with Gasteiger partial charge in [-0.1, -0.05) is 0 Å². The van der Waals surface area contributed by atoms with Crippen molar-refractivity contribution >= 4 is 5.97 Å². The molecule has 1 aromatic rings. The third-order valence-corrected chi connectivity index (χ3v) is 3.08. The summed E-state index contributed by atoms with van der Waals surface area (Å²) in [6.45, 7) is 6.34. The number of aromatic nitrogens is 2. The number of ether oxygens (including phenoxy) is 2. The fourth-order valence-electron chi connectivity index (χ4n) is 1.85. The lowest BCUT2D eigenvalue weighted by molar-refractivity contribution is -0.141. The first-order valence-corrected chi connectivity index (χ1v) is 6.12. The molecule has 1 aromatic heterocycles. The zero-order valence-electron chi connectivity index (χ0n) is 11.0. The highest BCUT2D eigenvalue weighted by molar-refractivity contribution is 5.65. The molecule has 1 heterocycles. The normalized spacial score (nSPS) is 21.5. The molecule has 1 aliphatic rings. The fraction of sp³-hybridized carbons (Fsp3) is 0.615. The van der Waals surface area contributed by atoms with Gasteiger partial charge >= 0.3 is 5.97 Å². The van der Waals surface area contributed by atoms with Gasteiger partial charge in [-0.15, -0.1) is 0 Å². The molecule has 0 aromatic carbocycles. The van der Waals surface area contributed by atoms with E-state index in [0.717, 1.165) is 23.7 Å². The highest BCUT2D eigenvalue weighted by atomic mass is 16.5. The predicted octanol–water partition coefficient (Wildman–Crippen LogP) is 1.67. The van der Waals surface area contributed by atoms with Gasteiger partial charge in [0.15, 0.2) is 5.75 Å². The van der Waals surface area contributed by atoms with Crippen LogP contribution in [0.4, 0.5) is 0 Å². The molecule has 2 unspecified atom stereocenters. The summed E-state index contributed by atoms with van der Waals surface area (Å²) in [6.07, 6.45) is 2.76. The zero-order valence-corrected chi connectivity index (χ0v) is 11.0. The number of hydrogen-bond donors (Lipinski definition) is 0. The third-order valence-electron chi connectivity index (χ3n) is 3.08. The molecule has 1 aliphatic carbocycles. The average molecular weight is 250 g/mol. The van der Waals surface area contributed by atoms with Gasteiger partial charge < -0.3 is 9.47 Å². The lowest BCUT2D eigenvalue weighted by atomic mass is 10.3. The molecule has 2 rings (SSSR count). The van der Waals surface area contributed by atoms with E-state index in [0.29, 0.717) is 25.0 Å². The maximum absolute atomic E-state index is 10.7. The Hall–Kier alpha value is -1.65. The second-order valence-electron chi connectivity index (χ2n) is 4.74. The standard InChI is InChI=1S/C13H18N2O3/c1-8-13(5-14-9(2)15-8)18-7-12-4-11(12)6-17-10(3)16/h5,11-12H,4,6-7H2,1-3H3. The minimum absolute atomic E-state index is 0.218. The molecule has 0 saturated heterocycles. The number of carbonyl (C=O) groups is 1. The molecule has 0 radical (unpaired) electrons. The molecule has 0 spiro atoms. The summed E-state index contributed by atoms with van der Waals surface area (Å²) in [5.41, 5.74) is 0.861. The first kappa shape index (κ1) is 12.8. The lowest BCUT2D eigenvalue weighted by Gasteiger charge is -2.08. The number of esters is 1. The van der Waals surface area contributed by atoms with Gasteiger partial charge in [-0.3, -0.25) is 4.79 Å². The van der Waals surface area contributed by atoms with Crippen molar-refractivity contribution in [2.75, 3.05) is 13.2 Å². The number of aryl methyl sites for hydroxylation is 2. The van der Waals surface area contributed by atoms with Gasteiger partial charge in [-0.05, 0) is 32.1 Å². The Morgan fingerprint density at radius 2 is 2.11 bits per heavy atom. The van der Waals surface area contributed by atoms with Crippen molar-refractivity contribution in [2.24, 2.45) is 11.8 Å². The topological polar surface area (TPSA) is 61.3 Å². The van der Waals surface area contributed by atoms with Crippen LogP contribution in [0.2, 0.25) is 0 Å². The second kappa shape index (κ2) is 5.33. The molecule has 1 fully saturated rings. The van der Waals surface area contributed by atoms with Gasteiger partial charge in [0, 0.05) is 6.92 Å². The summed E-state index contributed by atoms with van der Waals surface area (Å²) in [4.78, 5) is 19.0. The smallest absolute Gasteiger partial charge is 0.302 e. The Morgan fingerprint density at radius 3 is 2.78 bits per heavy atom. The Labute approximate surface area is 107 Å². The highest BCUT2D eigenvalue weighted by Crippen LogP contribution is 2.39.